The SMILES string of the molecule is COc1cccc(CCC(=O)NCC2CN(c3ccnn3C)C(=O)O2)c1. The molecule has 0 spiro atoms. The van der Waals surface area contributed by atoms with Crippen molar-refractivity contribution in [1.82, 2.24) is 15.1 Å². The van der Waals surface area contributed by atoms with Gasteiger partial charge in [-0.3, -0.25) is 14.4 Å². The van der Waals surface area contributed by atoms with Gasteiger partial charge in [0.2, 0.25) is 5.91 Å². The predicted octanol–water partition coefficient (Wildman–Crippen LogP) is 1.50. The van der Waals surface area contributed by atoms with Crippen LogP contribution >= 0.6 is 0 Å². The zero-order chi connectivity index (χ0) is 18.5. The molecule has 1 N–H and O–H groups in total. The maximum Gasteiger partial charge on any atom is 0.416 e. The molecule has 138 valence electrons. The molecule has 1 aromatic heterocycles. The van der Waals surface area contributed by atoms with Crippen LogP contribution in [0.15, 0.2) is 36.5 Å². The lowest BCUT2D eigenvalue weighted by Crippen LogP contribution is -2.35. The molecule has 8 nitrogen and oxygen atoms in total. The number of cyclic esters (lactones) is 1. The number of benzene rings is 1. The Morgan fingerprint density at radius 2 is 2.27 bits per heavy atom. The van der Waals surface area contributed by atoms with Gasteiger partial charge in [0.15, 0.2) is 0 Å². The number of nitrogens with one attached hydrogen (secondary N) is 1. The van der Waals surface area contributed by atoms with E-state index in [1.165, 1.54) is 4.90 Å². The molecule has 3 rings (SSSR count). The van der Waals surface area contributed by atoms with Gasteiger partial charge in [0.05, 0.1) is 26.4 Å². The molecule has 1 aliphatic heterocycles. The zero-order valence-corrected chi connectivity index (χ0v) is 14.8. The fourth-order valence-electron chi connectivity index (χ4n) is 2.85. The van der Waals surface area contributed by atoms with Crippen molar-refractivity contribution >= 4 is 17.8 Å². The number of carbonyl (C=O) groups excluding carboxylic acids is 2. The summed E-state index contributed by atoms with van der Waals surface area (Å²) in [5.41, 5.74) is 1.04. The Morgan fingerprint density at radius 3 is 3.00 bits per heavy atom. The number of aryl methyl sites for hydroxylation is 2. The van der Waals surface area contributed by atoms with Crippen molar-refractivity contribution < 1.29 is 19.1 Å². The third-order valence-electron chi connectivity index (χ3n) is 4.25. The molecule has 0 saturated carbocycles. The second-order valence-corrected chi connectivity index (χ2v) is 6.08. The Hall–Kier alpha value is -3.03. The van der Waals surface area contributed by atoms with Crippen LogP contribution in [0, 0.1) is 0 Å². The highest BCUT2D eigenvalue weighted by Gasteiger charge is 2.33. The topological polar surface area (TPSA) is 85.7 Å². The lowest BCUT2D eigenvalue weighted by molar-refractivity contribution is -0.121. The number of ether oxygens (including phenoxy) is 2. The van der Waals surface area contributed by atoms with Crippen LogP contribution in [-0.4, -0.2) is 48.1 Å². The molecule has 0 radical (unpaired) electrons. The Labute approximate surface area is 151 Å². The first-order valence-electron chi connectivity index (χ1n) is 8.42. The van der Waals surface area contributed by atoms with Crippen molar-refractivity contribution in [3.8, 4) is 5.75 Å². The highest BCUT2D eigenvalue weighted by atomic mass is 16.6. The van der Waals surface area contributed by atoms with Crippen LogP contribution in [0.3, 0.4) is 0 Å². The largest absolute Gasteiger partial charge is 0.497 e. The van der Waals surface area contributed by atoms with Crippen LogP contribution in [0.5, 0.6) is 5.75 Å². The van der Waals surface area contributed by atoms with Crippen molar-refractivity contribution in [3.63, 3.8) is 0 Å². The summed E-state index contributed by atoms with van der Waals surface area (Å²) in [6.07, 6.45) is 1.80. The number of nitrogens with zero attached hydrogens (tertiary/aromatic N) is 3. The number of anilines is 1. The van der Waals surface area contributed by atoms with Crippen molar-refractivity contribution in [2.75, 3.05) is 25.1 Å². The molecule has 26 heavy (non-hydrogen) atoms. The Kier molecular flexibility index (Phi) is 5.40. The van der Waals surface area contributed by atoms with Crippen molar-refractivity contribution in [2.24, 2.45) is 7.05 Å². The molecule has 2 heterocycles. The molecule has 0 bridgehead atoms. The van der Waals surface area contributed by atoms with Crippen LogP contribution in [0.25, 0.3) is 0 Å². The van der Waals surface area contributed by atoms with Crippen LogP contribution in [-0.2, 0) is 23.0 Å². The van der Waals surface area contributed by atoms with E-state index < -0.39 is 6.09 Å². The van der Waals surface area contributed by atoms with Crippen LogP contribution in [0.2, 0.25) is 0 Å². The first-order chi connectivity index (χ1) is 12.6. The van der Waals surface area contributed by atoms with E-state index in [2.05, 4.69) is 10.4 Å². The molecule has 2 aromatic rings. The predicted molar refractivity (Wildman–Crippen MR) is 95.1 cm³/mol. The molecule has 1 aliphatic rings. The number of hydrogen-bond donors (Lipinski definition) is 1. The summed E-state index contributed by atoms with van der Waals surface area (Å²) in [6.45, 7) is 0.672. The van der Waals surface area contributed by atoms with Gasteiger partial charge in [0.1, 0.15) is 17.7 Å². The molecular formula is C18H22N4O4. The summed E-state index contributed by atoms with van der Waals surface area (Å²) in [4.78, 5) is 25.6. The number of amides is 2. The summed E-state index contributed by atoms with van der Waals surface area (Å²) in [5, 5.41) is 6.88. The van der Waals surface area contributed by atoms with E-state index in [1.54, 1.807) is 31.1 Å². The summed E-state index contributed by atoms with van der Waals surface area (Å²) < 4.78 is 12.1. The van der Waals surface area contributed by atoms with Crippen molar-refractivity contribution in [1.29, 1.82) is 0 Å². The molecule has 8 heteroatoms. The minimum Gasteiger partial charge on any atom is -0.497 e. The van der Waals surface area contributed by atoms with Crippen LogP contribution < -0.4 is 15.0 Å². The van der Waals surface area contributed by atoms with Gasteiger partial charge < -0.3 is 14.8 Å². The van der Waals surface area contributed by atoms with E-state index in [4.69, 9.17) is 9.47 Å². The summed E-state index contributed by atoms with van der Waals surface area (Å²) in [5.74, 6) is 1.36. The standard InChI is InChI=1S/C18H22N4O4/c1-21-17(8-9-20-21)22-12-15(26-18(22)24)11-19-16(23)7-6-13-4-3-5-14(10-13)25-2/h3-5,8-10,15H,6-7,11-12H2,1-2H3,(H,19,23). The summed E-state index contributed by atoms with van der Waals surface area (Å²) in [6, 6.07) is 9.39. The number of aromatic nitrogens is 2. The molecule has 1 fully saturated rings. The molecular weight excluding hydrogens is 336 g/mol. The van der Waals surface area contributed by atoms with Gasteiger partial charge in [0, 0.05) is 19.5 Å². The van der Waals surface area contributed by atoms with Crippen LogP contribution in [0.1, 0.15) is 12.0 Å². The molecule has 2 amide bonds. The molecule has 1 aromatic carbocycles. The van der Waals surface area contributed by atoms with Gasteiger partial charge in [-0.25, -0.2) is 4.79 Å². The Morgan fingerprint density at radius 1 is 1.42 bits per heavy atom. The Balaban J connectivity index is 1.45. The third-order valence-corrected chi connectivity index (χ3v) is 4.25. The van der Waals surface area contributed by atoms with Gasteiger partial charge in [-0.2, -0.15) is 5.10 Å². The lowest BCUT2D eigenvalue weighted by atomic mass is 10.1. The summed E-state index contributed by atoms with van der Waals surface area (Å²) in [7, 11) is 3.37. The number of carbonyl (C=O) groups is 2. The van der Waals surface area contributed by atoms with E-state index >= 15 is 0 Å². The normalized spacial score (nSPS) is 16.5. The van der Waals surface area contributed by atoms with Gasteiger partial charge in [0.25, 0.3) is 0 Å². The van der Waals surface area contributed by atoms with E-state index in [0.29, 0.717) is 25.2 Å². The quantitative estimate of drug-likeness (QED) is 0.811. The first kappa shape index (κ1) is 17.8. The van der Waals surface area contributed by atoms with Gasteiger partial charge in [-0.1, -0.05) is 12.1 Å². The highest BCUT2D eigenvalue weighted by Crippen LogP contribution is 2.20. The third kappa shape index (κ3) is 4.14. The maximum atomic E-state index is 12.1. The average Bonchev–Trinajstić information content (AvgIpc) is 3.23. The molecule has 0 aliphatic carbocycles. The van der Waals surface area contributed by atoms with Crippen molar-refractivity contribution in [3.05, 3.63) is 42.1 Å². The van der Waals surface area contributed by atoms with E-state index in [-0.39, 0.29) is 18.6 Å². The second kappa shape index (κ2) is 7.90. The maximum absolute atomic E-state index is 12.1. The van der Waals surface area contributed by atoms with Crippen molar-refractivity contribution in [2.45, 2.75) is 18.9 Å². The first-order valence-corrected chi connectivity index (χ1v) is 8.42. The second-order valence-electron chi connectivity index (χ2n) is 6.08. The Bertz CT molecular complexity index is 789. The molecule has 1 unspecified atom stereocenters. The fraction of sp³-hybridized carbons (Fsp3) is 0.389. The smallest absolute Gasteiger partial charge is 0.416 e. The van der Waals surface area contributed by atoms with E-state index in [0.717, 1.165) is 11.3 Å². The van der Waals surface area contributed by atoms with Crippen LogP contribution in [0.4, 0.5) is 10.6 Å². The lowest BCUT2D eigenvalue weighted by Gasteiger charge is -2.12. The summed E-state index contributed by atoms with van der Waals surface area (Å²) >= 11 is 0. The number of methoxy groups -OCH3 is 1. The molecule has 1 saturated heterocycles. The fourth-order valence-corrected chi connectivity index (χ4v) is 2.85. The average molecular weight is 358 g/mol. The van der Waals surface area contributed by atoms with Gasteiger partial charge in [-0.05, 0) is 24.1 Å². The van der Waals surface area contributed by atoms with Gasteiger partial charge in [-0.15, -0.1) is 0 Å². The van der Waals surface area contributed by atoms with Gasteiger partial charge >= 0.3 is 6.09 Å². The highest BCUT2D eigenvalue weighted by molar-refractivity contribution is 5.88. The zero-order valence-electron chi connectivity index (χ0n) is 14.8. The molecule has 1 atom stereocenters. The van der Waals surface area contributed by atoms with E-state index in [1.807, 2.05) is 24.3 Å². The number of hydrogen-bond acceptors (Lipinski definition) is 5. The minimum absolute atomic E-state index is 0.0807. The monoisotopic (exact) mass is 358 g/mol. The number of rotatable bonds is 7. The minimum atomic E-state index is -0.427. The van der Waals surface area contributed by atoms with E-state index in [9.17, 15) is 9.59 Å².